The maximum atomic E-state index is 10.8. The van der Waals surface area contributed by atoms with Gasteiger partial charge >= 0.3 is 0 Å². The maximum absolute atomic E-state index is 10.8. The number of nitrogens with one attached hydrogen (secondary N) is 1. The summed E-state index contributed by atoms with van der Waals surface area (Å²) < 4.78 is 5.22. The van der Waals surface area contributed by atoms with Gasteiger partial charge in [-0.25, -0.2) is 4.98 Å². The van der Waals surface area contributed by atoms with Crippen LogP contribution in [0.15, 0.2) is 36.4 Å². The molecule has 0 bridgehead atoms. The molecule has 0 spiro atoms. The molecule has 0 fully saturated rings. The fourth-order valence-electron chi connectivity index (χ4n) is 1.71. The fourth-order valence-corrected chi connectivity index (χ4v) is 1.92. The Bertz CT molecular complexity index is 634. The SMILES string of the molecule is COc1ccccc1CNc1cc([N+](=O)[O-])cc(Cl)n1. The van der Waals surface area contributed by atoms with Crippen LogP contribution >= 0.6 is 11.6 Å². The van der Waals surface area contributed by atoms with Crippen molar-refractivity contribution in [1.82, 2.24) is 4.98 Å². The largest absolute Gasteiger partial charge is 0.496 e. The lowest BCUT2D eigenvalue weighted by Crippen LogP contribution is -2.04. The van der Waals surface area contributed by atoms with E-state index in [4.69, 9.17) is 16.3 Å². The number of ether oxygens (including phenoxy) is 1. The first-order chi connectivity index (χ1) is 9.60. The van der Waals surface area contributed by atoms with Gasteiger partial charge in [0.2, 0.25) is 0 Å². The number of para-hydroxylation sites is 1. The number of halogens is 1. The molecular weight excluding hydrogens is 282 g/mol. The zero-order chi connectivity index (χ0) is 14.5. The summed E-state index contributed by atoms with van der Waals surface area (Å²) in [6.07, 6.45) is 0. The third-order valence-corrected chi connectivity index (χ3v) is 2.84. The molecule has 0 saturated carbocycles. The molecule has 0 saturated heterocycles. The first-order valence-corrected chi connectivity index (χ1v) is 6.15. The molecule has 6 nitrogen and oxygen atoms in total. The highest BCUT2D eigenvalue weighted by Gasteiger charge is 2.10. The Balaban J connectivity index is 2.16. The van der Waals surface area contributed by atoms with Gasteiger partial charge in [0.25, 0.3) is 5.69 Å². The van der Waals surface area contributed by atoms with Crippen molar-refractivity contribution in [3.8, 4) is 5.75 Å². The minimum atomic E-state index is -0.512. The molecule has 0 aliphatic rings. The van der Waals surface area contributed by atoms with Crippen LogP contribution in [0.4, 0.5) is 11.5 Å². The molecule has 0 unspecified atom stereocenters. The molecule has 1 aromatic heterocycles. The number of nitro groups is 1. The van der Waals surface area contributed by atoms with E-state index in [1.165, 1.54) is 12.1 Å². The van der Waals surface area contributed by atoms with Gasteiger partial charge < -0.3 is 10.1 Å². The fraction of sp³-hybridized carbons (Fsp3) is 0.154. The van der Waals surface area contributed by atoms with Crippen molar-refractivity contribution in [3.05, 3.63) is 57.2 Å². The molecule has 0 atom stereocenters. The van der Waals surface area contributed by atoms with Crippen molar-refractivity contribution in [2.45, 2.75) is 6.54 Å². The standard InChI is InChI=1S/C13H12ClN3O3/c1-20-11-5-3-2-4-9(11)8-15-13-7-10(17(18)19)6-12(14)16-13/h2-7H,8H2,1H3,(H,15,16). The number of benzene rings is 1. The Kier molecular flexibility index (Phi) is 4.37. The second-order valence-electron chi connectivity index (χ2n) is 3.96. The molecule has 0 aliphatic heterocycles. The predicted octanol–water partition coefficient (Wildman–Crippen LogP) is 3.26. The van der Waals surface area contributed by atoms with Crippen LogP contribution in [-0.4, -0.2) is 17.0 Å². The monoisotopic (exact) mass is 293 g/mol. The van der Waals surface area contributed by atoms with E-state index in [0.29, 0.717) is 12.4 Å². The number of aromatic nitrogens is 1. The molecule has 2 aromatic rings. The molecule has 1 N–H and O–H groups in total. The van der Waals surface area contributed by atoms with E-state index in [-0.39, 0.29) is 10.8 Å². The number of methoxy groups -OCH3 is 1. The van der Waals surface area contributed by atoms with Crippen molar-refractivity contribution < 1.29 is 9.66 Å². The maximum Gasteiger partial charge on any atom is 0.276 e. The van der Waals surface area contributed by atoms with Crippen LogP contribution in [0.5, 0.6) is 5.75 Å². The lowest BCUT2D eigenvalue weighted by Gasteiger charge is -2.09. The molecule has 2 rings (SSSR count). The Hall–Kier alpha value is -2.34. The van der Waals surface area contributed by atoms with Gasteiger partial charge in [0.1, 0.15) is 16.7 Å². The van der Waals surface area contributed by atoms with Crippen molar-refractivity contribution in [2.75, 3.05) is 12.4 Å². The van der Waals surface area contributed by atoms with Crippen LogP contribution in [0.25, 0.3) is 0 Å². The molecule has 7 heteroatoms. The predicted molar refractivity (Wildman–Crippen MR) is 76.2 cm³/mol. The van der Waals surface area contributed by atoms with Gasteiger partial charge in [-0.05, 0) is 6.07 Å². The van der Waals surface area contributed by atoms with E-state index in [9.17, 15) is 10.1 Å². The normalized spacial score (nSPS) is 10.1. The van der Waals surface area contributed by atoms with Gasteiger partial charge in [-0.15, -0.1) is 0 Å². The first kappa shape index (κ1) is 14.1. The summed E-state index contributed by atoms with van der Waals surface area (Å²) in [5.41, 5.74) is 0.812. The first-order valence-electron chi connectivity index (χ1n) is 5.78. The molecule has 104 valence electrons. The number of anilines is 1. The van der Waals surface area contributed by atoms with Crippen LogP contribution in [0.3, 0.4) is 0 Å². The molecule has 1 aromatic carbocycles. The van der Waals surface area contributed by atoms with Gasteiger partial charge in [0.05, 0.1) is 24.2 Å². The summed E-state index contributed by atoms with van der Waals surface area (Å²) in [5, 5.41) is 13.8. The van der Waals surface area contributed by atoms with Crippen molar-refractivity contribution >= 4 is 23.1 Å². The summed E-state index contributed by atoms with van der Waals surface area (Å²) in [5.74, 6) is 1.08. The number of pyridine rings is 1. The highest BCUT2D eigenvalue weighted by atomic mass is 35.5. The van der Waals surface area contributed by atoms with E-state index in [0.717, 1.165) is 11.3 Å². The van der Waals surface area contributed by atoms with Crippen molar-refractivity contribution in [2.24, 2.45) is 0 Å². The average molecular weight is 294 g/mol. The topological polar surface area (TPSA) is 77.3 Å². The lowest BCUT2D eigenvalue weighted by molar-refractivity contribution is -0.384. The Morgan fingerprint density at radius 2 is 2.15 bits per heavy atom. The van der Waals surface area contributed by atoms with E-state index in [2.05, 4.69) is 10.3 Å². The summed E-state index contributed by atoms with van der Waals surface area (Å²) in [4.78, 5) is 14.2. The third kappa shape index (κ3) is 3.36. The summed E-state index contributed by atoms with van der Waals surface area (Å²) in [6, 6.07) is 10.0. The molecular formula is C13H12ClN3O3. The van der Waals surface area contributed by atoms with Gasteiger partial charge in [0, 0.05) is 12.1 Å². The second kappa shape index (κ2) is 6.21. The molecule has 0 amide bonds. The zero-order valence-electron chi connectivity index (χ0n) is 10.7. The average Bonchev–Trinajstić information content (AvgIpc) is 2.44. The van der Waals surface area contributed by atoms with Crippen molar-refractivity contribution in [1.29, 1.82) is 0 Å². The Morgan fingerprint density at radius 3 is 2.85 bits per heavy atom. The van der Waals surface area contributed by atoms with Crippen LogP contribution in [-0.2, 0) is 6.54 Å². The summed E-state index contributed by atoms with van der Waals surface area (Å²) in [6.45, 7) is 0.425. The quantitative estimate of drug-likeness (QED) is 0.520. The van der Waals surface area contributed by atoms with Gasteiger partial charge in [-0.1, -0.05) is 29.8 Å². The highest BCUT2D eigenvalue weighted by Crippen LogP contribution is 2.22. The summed E-state index contributed by atoms with van der Waals surface area (Å²) >= 11 is 5.75. The molecule has 20 heavy (non-hydrogen) atoms. The van der Waals surface area contributed by atoms with Crippen LogP contribution in [0.1, 0.15) is 5.56 Å². The number of hydrogen-bond donors (Lipinski definition) is 1. The zero-order valence-corrected chi connectivity index (χ0v) is 11.4. The van der Waals surface area contributed by atoms with Gasteiger partial charge in [0.15, 0.2) is 0 Å². The Labute approximate surface area is 120 Å². The van der Waals surface area contributed by atoms with Crippen LogP contribution < -0.4 is 10.1 Å². The number of rotatable bonds is 5. The van der Waals surface area contributed by atoms with Crippen LogP contribution in [0, 0.1) is 10.1 Å². The highest BCUT2D eigenvalue weighted by molar-refractivity contribution is 6.29. The molecule has 0 radical (unpaired) electrons. The van der Waals surface area contributed by atoms with E-state index in [1.807, 2.05) is 24.3 Å². The summed E-state index contributed by atoms with van der Waals surface area (Å²) in [7, 11) is 1.58. The van der Waals surface area contributed by atoms with E-state index in [1.54, 1.807) is 7.11 Å². The second-order valence-corrected chi connectivity index (χ2v) is 4.34. The molecule has 0 aliphatic carbocycles. The van der Waals surface area contributed by atoms with Gasteiger partial charge in [-0.3, -0.25) is 10.1 Å². The van der Waals surface area contributed by atoms with E-state index < -0.39 is 4.92 Å². The minimum absolute atomic E-state index is 0.0710. The molecule has 1 heterocycles. The number of nitrogens with zero attached hydrogens (tertiary/aromatic N) is 2. The van der Waals surface area contributed by atoms with Crippen LogP contribution in [0.2, 0.25) is 5.15 Å². The smallest absolute Gasteiger partial charge is 0.276 e. The third-order valence-electron chi connectivity index (χ3n) is 2.64. The number of hydrogen-bond acceptors (Lipinski definition) is 5. The minimum Gasteiger partial charge on any atom is -0.496 e. The lowest BCUT2D eigenvalue weighted by atomic mass is 10.2. The van der Waals surface area contributed by atoms with E-state index >= 15 is 0 Å². The Morgan fingerprint density at radius 1 is 1.40 bits per heavy atom. The van der Waals surface area contributed by atoms with Crippen molar-refractivity contribution in [3.63, 3.8) is 0 Å². The van der Waals surface area contributed by atoms with Gasteiger partial charge in [-0.2, -0.15) is 0 Å².